The molecule has 0 radical (unpaired) electrons. The smallest absolute Gasteiger partial charge is 0.0656 e. The molecule has 1 aromatic carbocycles. The van der Waals surface area contributed by atoms with Gasteiger partial charge in [-0.1, -0.05) is 0 Å². The lowest BCUT2D eigenvalue weighted by Crippen LogP contribution is -1.88. The average molecular weight is 174 g/mol. The molecule has 1 rings (SSSR count). The van der Waals surface area contributed by atoms with Crippen molar-refractivity contribution in [3.05, 3.63) is 24.3 Å². The van der Waals surface area contributed by atoms with Gasteiger partial charge >= 0.3 is 0 Å². The minimum Gasteiger partial charge on any atom is -0.768 e. The summed E-state index contributed by atoms with van der Waals surface area (Å²) < 4.78 is 32.2. The van der Waals surface area contributed by atoms with Gasteiger partial charge in [0.05, 0.1) is 5.69 Å². The third-order valence-corrected chi connectivity index (χ3v) is 1.81. The zero-order chi connectivity index (χ0) is 8.27. The van der Waals surface area contributed by atoms with E-state index in [4.69, 9.17) is 0 Å². The maximum atomic E-state index is 11.7. The lowest BCUT2D eigenvalue weighted by molar-refractivity contribution is 0.537. The van der Waals surface area contributed by atoms with Crippen LogP contribution in [0.25, 0.3) is 0 Å². The molecule has 0 aliphatic heterocycles. The molecule has 3 nitrogen and oxygen atoms in total. The standard InChI is InChI=1S/C6H6FNO2S/c7-8-5-1-3-6(4-2-5)11(9)10/h1-4,8H,(H,9,10)/p-1. The maximum Gasteiger partial charge on any atom is 0.0656 e. The molecule has 1 unspecified atom stereocenters. The van der Waals surface area contributed by atoms with Crippen molar-refractivity contribution >= 4 is 16.8 Å². The molecule has 0 aliphatic rings. The fourth-order valence-corrected chi connectivity index (χ4v) is 0.987. The monoisotopic (exact) mass is 174 g/mol. The topological polar surface area (TPSA) is 52.2 Å². The number of hydrogen-bond donors (Lipinski definition) is 1. The van der Waals surface area contributed by atoms with E-state index in [0.29, 0.717) is 0 Å². The van der Waals surface area contributed by atoms with Crippen LogP contribution in [0.3, 0.4) is 0 Å². The van der Waals surface area contributed by atoms with Gasteiger partial charge in [-0.05, 0) is 35.3 Å². The van der Waals surface area contributed by atoms with Gasteiger partial charge in [0.15, 0.2) is 0 Å². The second kappa shape index (κ2) is 3.45. The zero-order valence-electron chi connectivity index (χ0n) is 5.41. The molecule has 0 heterocycles. The fraction of sp³-hybridized carbons (Fsp3) is 0. The third kappa shape index (κ3) is 1.99. The normalized spacial score (nSPS) is 12.5. The second-order valence-corrected chi connectivity index (χ2v) is 2.79. The van der Waals surface area contributed by atoms with Crippen LogP contribution in [0.15, 0.2) is 29.2 Å². The Balaban J connectivity index is 2.91. The van der Waals surface area contributed by atoms with Crippen LogP contribution in [0.2, 0.25) is 0 Å². The first kappa shape index (κ1) is 8.16. The van der Waals surface area contributed by atoms with Crippen LogP contribution in [0.1, 0.15) is 0 Å². The van der Waals surface area contributed by atoms with Gasteiger partial charge < -0.3 is 4.55 Å². The molecule has 1 atom stereocenters. The molecule has 0 saturated heterocycles. The van der Waals surface area contributed by atoms with Gasteiger partial charge in [-0.2, -0.15) is 0 Å². The number of rotatable bonds is 2. The summed E-state index contributed by atoms with van der Waals surface area (Å²) in [5, 5.41) is 0. The van der Waals surface area contributed by atoms with Crippen LogP contribution < -0.4 is 5.54 Å². The molecule has 1 aromatic rings. The molecule has 0 aromatic heterocycles. The van der Waals surface area contributed by atoms with E-state index in [0.717, 1.165) is 0 Å². The Morgan fingerprint density at radius 3 is 2.27 bits per heavy atom. The first-order valence-electron chi connectivity index (χ1n) is 2.80. The van der Waals surface area contributed by atoms with Gasteiger partial charge in [0, 0.05) is 4.90 Å². The minimum atomic E-state index is -2.24. The Kier molecular flexibility index (Phi) is 2.56. The number of nitrogens with one attached hydrogen (secondary N) is 1. The molecular weight excluding hydrogens is 169 g/mol. The molecule has 0 bridgehead atoms. The molecule has 0 spiro atoms. The van der Waals surface area contributed by atoms with Crippen LogP contribution in [-0.4, -0.2) is 8.76 Å². The van der Waals surface area contributed by atoms with Gasteiger partial charge in [0.25, 0.3) is 0 Å². The van der Waals surface area contributed by atoms with Crippen LogP contribution in [-0.2, 0) is 11.1 Å². The highest BCUT2D eigenvalue weighted by Crippen LogP contribution is 2.10. The van der Waals surface area contributed by atoms with Crippen molar-refractivity contribution in [3.63, 3.8) is 0 Å². The first-order valence-corrected chi connectivity index (χ1v) is 3.87. The zero-order valence-corrected chi connectivity index (χ0v) is 6.23. The third-order valence-electron chi connectivity index (χ3n) is 1.16. The quantitative estimate of drug-likeness (QED) is 0.541. The van der Waals surface area contributed by atoms with Crippen LogP contribution in [0.4, 0.5) is 10.2 Å². The van der Waals surface area contributed by atoms with Crippen LogP contribution in [0.5, 0.6) is 0 Å². The van der Waals surface area contributed by atoms with Gasteiger partial charge in [-0.3, -0.25) is 4.21 Å². The summed E-state index contributed by atoms with van der Waals surface area (Å²) in [4.78, 5) is 0.143. The van der Waals surface area contributed by atoms with Gasteiger partial charge in [-0.15, -0.1) is 4.48 Å². The first-order chi connectivity index (χ1) is 5.24. The maximum absolute atomic E-state index is 11.7. The Hall–Kier alpha value is -0.940. The highest BCUT2D eigenvalue weighted by molar-refractivity contribution is 7.79. The van der Waals surface area contributed by atoms with E-state index in [1.165, 1.54) is 29.8 Å². The Labute approximate surface area is 65.5 Å². The molecular formula is C6H5FNO2S-. The van der Waals surface area contributed by atoms with Crippen LogP contribution >= 0.6 is 0 Å². The summed E-state index contributed by atoms with van der Waals surface area (Å²) in [5.74, 6) is 0. The Morgan fingerprint density at radius 1 is 1.36 bits per heavy atom. The van der Waals surface area contributed by atoms with Gasteiger partial charge in [0.1, 0.15) is 0 Å². The van der Waals surface area contributed by atoms with E-state index in [1.807, 2.05) is 0 Å². The van der Waals surface area contributed by atoms with E-state index in [2.05, 4.69) is 0 Å². The molecule has 0 aliphatic carbocycles. The van der Waals surface area contributed by atoms with Crippen molar-refractivity contribution in [3.8, 4) is 0 Å². The van der Waals surface area contributed by atoms with Crippen molar-refractivity contribution in [1.82, 2.24) is 0 Å². The van der Waals surface area contributed by atoms with Crippen molar-refractivity contribution in [1.29, 1.82) is 0 Å². The van der Waals surface area contributed by atoms with Gasteiger partial charge in [0.2, 0.25) is 0 Å². The second-order valence-electron chi connectivity index (χ2n) is 1.85. The van der Waals surface area contributed by atoms with Crippen LogP contribution in [0, 0.1) is 0 Å². The molecule has 11 heavy (non-hydrogen) atoms. The molecule has 60 valence electrons. The summed E-state index contributed by atoms with van der Waals surface area (Å²) in [6, 6.07) is 5.30. The molecule has 0 fully saturated rings. The van der Waals surface area contributed by atoms with E-state index in [-0.39, 0.29) is 10.6 Å². The average Bonchev–Trinajstić information content (AvgIpc) is 2.05. The van der Waals surface area contributed by atoms with E-state index in [9.17, 15) is 13.2 Å². The van der Waals surface area contributed by atoms with Crippen molar-refractivity contribution in [2.75, 3.05) is 5.54 Å². The number of hydrogen-bond acceptors (Lipinski definition) is 3. The highest BCUT2D eigenvalue weighted by Gasteiger charge is 1.91. The minimum absolute atomic E-state index is 0.143. The number of benzene rings is 1. The van der Waals surface area contributed by atoms with E-state index in [1.54, 1.807) is 0 Å². The lowest BCUT2D eigenvalue weighted by atomic mass is 10.3. The molecule has 0 saturated carbocycles. The summed E-state index contributed by atoms with van der Waals surface area (Å²) in [7, 11) is 0. The van der Waals surface area contributed by atoms with E-state index >= 15 is 0 Å². The number of anilines is 1. The van der Waals surface area contributed by atoms with Gasteiger partial charge in [-0.25, -0.2) is 5.54 Å². The summed E-state index contributed by atoms with van der Waals surface area (Å²) in [6.45, 7) is 0. The molecule has 5 heteroatoms. The number of halogens is 1. The summed E-state index contributed by atoms with van der Waals surface area (Å²) in [5.41, 5.74) is 1.63. The molecule has 1 N–H and O–H groups in total. The van der Waals surface area contributed by atoms with Crippen molar-refractivity contribution in [2.45, 2.75) is 4.90 Å². The SMILES string of the molecule is O=S([O-])c1ccc(NF)cc1. The lowest BCUT2D eigenvalue weighted by Gasteiger charge is -2.04. The highest BCUT2D eigenvalue weighted by atomic mass is 32.2. The summed E-state index contributed by atoms with van der Waals surface area (Å²) >= 11 is -2.24. The summed E-state index contributed by atoms with van der Waals surface area (Å²) in [6.07, 6.45) is 0. The van der Waals surface area contributed by atoms with Crippen molar-refractivity contribution < 1.29 is 13.2 Å². The Morgan fingerprint density at radius 2 is 1.91 bits per heavy atom. The predicted octanol–water partition coefficient (Wildman–Crippen LogP) is 1.22. The Bertz CT molecular complexity index is 262. The van der Waals surface area contributed by atoms with E-state index < -0.39 is 11.1 Å². The molecule has 0 amide bonds. The fourth-order valence-electron chi connectivity index (χ4n) is 0.629. The predicted molar refractivity (Wildman–Crippen MR) is 38.4 cm³/mol. The van der Waals surface area contributed by atoms with Crippen molar-refractivity contribution in [2.24, 2.45) is 0 Å². The largest absolute Gasteiger partial charge is 0.768 e.